The van der Waals surface area contributed by atoms with Crippen LogP contribution in [-0.4, -0.2) is 21.3 Å². The molecule has 1 aliphatic heterocycles. The van der Waals surface area contributed by atoms with Gasteiger partial charge in [-0.1, -0.05) is 0 Å². The van der Waals surface area contributed by atoms with Crippen molar-refractivity contribution >= 4 is 11.4 Å². The van der Waals surface area contributed by atoms with Gasteiger partial charge >= 0.3 is 6.18 Å². The smallest absolute Gasteiger partial charge is 0.399 e. The molecule has 0 bridgehead atoms. The van der Waals surface area contributed by atoms with Gasteiger partial charge in [0.25, 0.3) is 0 Å². The van der Waals surface area contributed by atoms with E-state index in [9.17, 15) is 17.6 Å². The maximum absolute atomic E-state index is 13.9. The van der Waals surface area contributed by atoms with E-state index in [2.05, 4.69) is 10.2 Å². The van der Waals surface area contributed by atoms with Gasteiger partial charge < -0.3 is 15.2 Å². The number of nitrogen functional groups attached to an aromatic ring is 1. The topological polar surface area (TPSA) is 60.0 Å². The van der Waals surface area contributed by atoms with Crippen molar-refractivity contribution in [2.75, 3.05) is 17.2 Å². The first-order valence-corrected chi connectivity index (χ1v) is 6.15. The highest BCUT2D eigenvalue weighted by Gasteiger charge is 2.39. The zero-order valence-electron chi connectivity index (χ0n) is 10.7. The van der Waals surface area contributed by atoms with Gasteiger partial charge in [-0.15, -0.1) is 10.2 Å². The van der Waals surface area contributed by atoms with Crippen LogP contribution in [0.4, 0.5) is 28.9 Å². The summed E-state index contributed by atoms with van der Waals surface area (Å²) in [5.41, 5.74) is 6.05. The summed E-state index contributed by atoms with van der Waals surface area (Å²) >= 11 is 0. The molecule has 2 N–H and O–H groups in total. The summed E-state index contributed by atoms with van der Waals surface area (Å²) in [7, 11) is 0. The first-order valence-electron chi connectivity index (χ1n) is 6.15. The minimum Gasteiger partial charge on any atom is -0.399 e. The summed E-state index contributed by atoms with van der Waals surface area (Å²) in [6.45, 7) is 0.333. The van der Waals surface area contributed by atoms with E-state index >= 15 is 0 Å². The van der Waals surface area contributed by atoms with Crippen molar-refractivity contribution in [1.82, 2.24) is 14.8 Å². The number of alkyl halides is 3. The average Bonchev–Trinajstić information content (AvgIpc) is 2.81. The fraction of sp³-hybridized carbons (Fsp3) is 0.333. The molecular weight excluding hydrogens is 290 g/mol. The van der Waals surface area contributed by atoms with Gasteiger partial charge in [0.15, 0.2) is 5.82 Å². The Kier molecular flexibility index (Phi) is 2.99. The van der Waals surface area contributed by atoms with Gasteiger partial charge in [-0.3, -0.25) is 0 Å². The van der Waals surface area contributed by atoms with Gasteiger partial charge in [0.1, 0.15) is 5.82 Å². The molecule has 112 valence electrons. The SMILES string of the molecule is Nc1ccc(N2CCn3c(nnc3C(F)(F)F)C2)c(F)c1. The number of hydrogen-bond acceptors (Lipinski definition) is 4. The number of halogens is 4. The van der Waals surface area contributed by atoms with Crippen molar-refractivity contribution in [3.05, 3.63) is 35.7 Å². The third-order valence-electron chi connectivity index (χ3n) is 3.32. The Bertz CT molecular complexity index is 679. The van der Waals surface area contributed by atoms with Crippen LogP contribution < -0.4 is 10.6 Å². The van der Waals surface area contributed by atoms with Crippen LogP contribution in [0.5, 0.6) is 0 Å². The minimum atomic E-state index is -4.54. The molecule has 0 fully saturated rings. The molecule has 0 amide bonds. The molecular formula is C12H11F4N5. The zero-order valence-corrected chi connectivity index (χ0v) is 10.7. The van der Waals surface area contributed by atoms with Crippen molar-refractivity contribution in [3.63, 3.8) is 0 Å². The number of aromatic nitrogens is 3. The summed E-state index contributed by atoms with van der Waals surface area (Å²) in [4.78, 5) is 1.61. The first-order chi connectivity index (χ1) is 9.86. The van der Waals surface area contributed by atoms with Crippen molar-refractivity contribution in [2.45, 2.75) is 19.3 Å². The van der Waals surface area contributed by atoms with E-state index in [1.54, 1.807) is 11.0 Å². The highest BCUT2D eigenvalue weighted by molar-refractivity contribution is 5.54. The lowest BCUT2D eigenvalue weighted by Crippen LogP contribution is -2.35. The second-order valence-corrected chi connectivity index (χ2v) is 4.72. The molecule has 0 saturated carbocycles. The van der Waals surface area contributed by atoms with E-state index in [-0.39, 0.29) is 36.8 Å². The molecule has 1 aromatic carbocycles. The standard InChI is InChI=1S/C12H11F4N5/c13-8-5-7(17)1-2-9(8)20-3-4-21-10(6-20)18-19-11(21)12(14,15)16/h1-2,5H,3-4,6,17H2. The normalized spacial score (nSPS) is 15.1. The number of fused-ring (bicyclic) bond motifs is 1. The van der Waals surface area contributed by atoms with Gasteiger partial charge in [-0.05, 0) is 18.2 Å². The Morgan fingerprint density at radius 2 is 1.90 bits per heavy atom. The van der Waals surface area contributed by atoms with Crippen LogP contribution in [0, 0.1) is 5.82 Å². The molecule has 21 heavy (non-hydrogen) atoms. The predicted octanol–water partition coefficient (Wildman–Crippen LogP) is 2.04. The average molecular weight is 301 g/mol. The fourth-order valence-electron chi connectivity index (χ4n) is 2.35. The highest BCUT2D eigenvalue weighted by Crippen LogP contribution is 2.31. The highest BCUT2D eigenvalue weighted by atomic mass is 19.4. The molecule has 0 aliphatic carbocycles. The Morgan fingerprint density at radius 1 is 1.14 bits per heavy atom. The van der Waals surface area contributed by atoms with Crippen LogP contribution in [0.25, 0.3) is 0 Å². The van der Waals surface area contributed by atoms with Gasteiger partial charge in [0.05, 0.1) is 12.2 Å². The second-order valence-electron chi connectivity index (χ2n) is 4.72. The fourth-order valence-corrected chi connectivity index (χ4v) is 2.35. The third kappa shape index (κ3) is 2.39. The van der Waals surface area contributed by atoms with E-state index in [0.717, 1.165) is 4.57 Å². The number of nitrogens with two attached hydrogens (primary N) is 1. The van der Waals surface area contributed by atoms with E-state index < -0.39 is 17.8 Å². The van der Waals surface area contributed by atoms with Gasteiger partial charge in [0, 0.05) is 18.8 Å². The minimum absolute atomic E-state index is 0.0427. The van der Waals surface area contributed by atoms with Crippen molar-refractivity contribution in [2.24, 2.45) is 0 Å². The number of benzene rings is 1. The van der Waals surface area contributed by atoms with Crippen LogP contribution in [0.3, 0.4) is 0 Å². The molecule has 2 aromatic rings. The molecule has 2 heterocycles. The van der Waals surface area contributed by atoms with Crippen molar-refractivity contribution in [3.8, 4) is 0 Å². The van der Waals surface area contributed by atoms with Gasteiger partial charge in [0.2, 0.25) is 5.82 Å². The van der Waals surface area contributed by atoms with Crippen LogP contribution >= 0.6 is 0 Å². The van der Waals surface area contributed by atoms with Gasteiger partial charge in [-0.25, -0.2) is 4.39 Å². The quantitative estimate of drug-likeness (QED) is 0.647. The third-order valence-corrected chi connectivity index (χ3v) is 3.32. The Balaban J connectivity index is 1.90. The molecule has 0 atom stereocenters. The molecule has 0 saturated heterocycles. The molecule has 9 heteroatoms. The maximum Gasteiger partial charge on any atom is 0.451 e. The monoisotopic (exact) mass is 301 g/mol. The second kappa shape index (κ2) is 4.61. The molecule has 3 rings (SSSR count). The van der Waals surface area contributed by atoms with Crippen LogP contribution in [0.15, 0.2) is 18.2 Å². The lowest BCUT2D eigenvalue weighted by molar-refractivity contribution is -0.147. The Morgan fingerprint density at radius 3 is 2.57 bits per heavy atom. The van der Waals surface area contributed by atoms with E-state index in [1.165, 1.54) is 12.1 Å². The molecule has 1 aliphatic rings. The zero-order chi connectivity index (χ0) is 15.2. The largest absolute Gasteiger partial charge is 0.451 e. The van der Waals surface area contributed by atoms with Crippen molar-refractivity contribution < 1.29 is 17.6 Å². The van der Waals surface area contributed by atoms with E-state index in [4.69, 9.17) is 5.73 Å². The van der Waals surface area contributed by atoms with Crippen molar-refractivity contribution in [1.29, 1.82) is 0 Å². The predicted molar refractivity (Wildman–Crippen MR) is 66.9 cm³/mol. The first kappa shape index (κ1) is 13.7. The number of anilines is 2. The molecule has 0 spiro atoms. The Hall–Kier alpha value is -2.32. The number of rotatable bonds is 1. The summed E-state index contributed by atoms with van der Waals surface area (Å²) in [6, 6.07) is 4.22. The molecule has 0 radical (unpaired) electrons. The van der Waals surface area contributed by atoms with Crippen LogP contribution in [-0.2, 0) is 19.3 Å². The summed E-state index contributed by atoms with van der Waals surface area (Å²) in [5.74, 6) is -1.38. The lowest BCUT2D eigenvalue weighted by Gasteiger charge is -2.30. The molecule has 0 unspecified atom stereocenters. The summed E-state index contributed by atoms with van der Waals surface area (Å²) in [6.07, 6.45) is -4.54. The van der Waals surface area contributed by atoms with E-state index in [1.807, 2.05) is 0 Å². The number of hydrogen-bond donors (Lipinski definition) is 1. The summed E-state index contributed by atoms with van der Waals surface area (Å²) < 4.78 is 53.1. The van der Waals surface area contributed by atoms with Crippen LogP contribution in [0.2, 0.25) is 0 Å². The molecule has 5 nitrogen and oxygen atoms in total. The lowest BCUT2D eigenvalue weighted by atomic mass is 10.2. The summed E-state index contributed by atoms with van der Waals surface area (Å²) in [5, 5.41) is 6.73. The molecule has 1 aromatic heterocycles. The van der Waals surface area contributed by atoms with Crippen LogP contribution in [0.1, 0.15) is 11.6 Å². The Labute approximate surface area is 117 Å². The van der Waals surface area contributed by atoms with E-state index in [0.29, 0.717) is 0 Å². The van der Waals surface area contributed by atoms with Gasteiger partial charge in [-0.2, -0.15) is 13.2 Å². The maximum atomic E-state index is 13.9. The number of nitrogens with zero attached hydrogens (tertiary/aromatic N) is 4.